The molecule has 0 aliphatic carbocycles. The lowest BCUT2D eigenvalue weighted by atomic mass is 10.00. The van der Waals surface area contributed by atoms with E-state index in [2.05, 4.69) is 203 Å². The van der Waals surface area contributed by atoms with E-state index in [1.807, 2.05) is 0 Å². The van der Waals surface area contributed by atoms with Crippen LogP contribution in [0.4, 0.5) is 0 Å². The molecule has 6 nitrogen and oxygen atoms in total. The van der Waals surface area contributed by atoms with Gasteiger partial charge in [0.1, 0.15) is 22.3 Å². The zero-order valence-corrected chi connectivity index (χ0v) is 30.8. The number of aromatic nitrogens is 1. The molecule has 11 aromatic rings. The van der Waals surface area contributed by atoms with E-state index < -0.39 is 0 Å². The largest absolute Gasteiger partial charge is 0.456 e. The van der Waals surface area contributed by atoms with E-state index in [9.17, 15) is 0 Å². The summed E-state index contributed by atoms with van der Waals surface area (Å²) < 4.78 is 15.4. The van der Waals surface area contributed by atoms with Crippen molar-refractivity contribution in [1.29, 1.82) is 0 Å². The van der Waals surface area contributed by atoms with Gasteiger partial charge in [-0.3, -0.25) is 16.0 Å². The maximum absolute atomic E-state index is 6.63. The van der Waals surface area contributed by atoms with Crippen LogP contribution in [0.1, 0.15) is 35.2 Å². The van der Waals surface area contributed by atoms with E-state index in [1.54, 1.807) is 0 Å². The molecule has 1 fully saturated rings. The normalized spacial score (nSPS) is 17.4. The van der Waals surface area contributed by atoms with Crippen molar-refractivity contribution in [2.75, 3.05) is 0 Å². The molecule has 2 atom stereocenters. The van der Waals surface area contributed by atoms with Crippen LogP contribution in [-0.4, -0.2) is 4.57 Å². The van der Waals surface area contributed by atoms with Crippen molar-refractivity contribution in [2.24, 2.45) is 0 Å². The Morgan fingerprint density at radius 3 is 1.49 bits per heavy atom. The van der Waals surface area contributed by atoms with Crippen molar-refractivity contribution in [3.8, 4) is 16.8 Å². The van der Waals surface area contributed by atoms with E-state index >= 15 is 0 Å². The predicted octanol–water partition coefficient (Wildman–Crippen LogP) is 12.4. The second-order valence-electron chi connectivity index (χ2n) is 15.1. The first kappa shape index (κ1) is 32.3. The number of furan rings is 2. The second kappa shape index (κ2) is 12.8. The van der Waals surface area contributed by atoms with Gasteiger partial charge in [0.25, 0.3) is 0 Å². The standard InChI is InChI=1S/C51H36N4O2/c1-3-11-31(12-4-1)49-52-50(32-13-5-2-6-14-32)54-51(53-49)35-21-26-46-42(28-35)41-27-33(20-25-45(41)56-46)34-19-23-39-40-24-22-36(30-48(40)57-47(39)29-34)55-43-17-9-7-15-37(43)38-16-8-10-18-44(38)55/h1-30,49-54H. The predicted molar refractivity (Wildman–Crippen MR) is 231 cm³/mol. The highest BCUT2D eigenvalue weighted by Gasteiger charge is 2.30. The van der Waals surface area contributed by atoms with Crippen molar-refractivity contribution in [2.45, 2.75) is 18.5 Å². The minimum atomic E-state index is -0.106. The first-order chi connectivity index (χ1) is 28.2. The highest BCUT2D eigenvalue weighted by Crippen LogP contribution is 2.39. The average molecular weight is 737 g/mol. The van der Waals surface area contributed by atoms with Gasteiger partial charge in [0.15, 0.2) is 0 Å². The third kappa shape index (κ3) is 5.30. The molecule has 0 spiro atoms. The number of benzene rings is 8. The number of hydrogen-bond acceptors (Lipinski definition) is 5. The van der Waals surface area contributed by atoms with Crippen molar-refractivity contribution in [1.82, 2.24) is 20.5 Å². The number of nitrogens with one attached hydrogen (secondary N) is 3. The second-order valence-corrected chi connectivity index (χ2v) is 15.1. The smallest absolute Gasteiger partial charge is 0.137 e. The number of hydrogen-bond donors (Lipinski definition) is 3. The maximum Gasteiger partial charge on any atom is 0.137 e. The van der Waals surface area contributed by atoms with Crippen LogP contribution in [0.5, 0.6) is 0 Å². The zero-order chi connectivity index (χ0) is 37.5. The molecule has 57 heavy (non-hydrogen) atoms. The average Bonchev–Trinajstić information content (AvgIpc) is 3.95. The first-order valence-electron chi connectivity index (χ1n) is 19.5. The van der Waals surface area contributed by atoms with Gasteiger partial charge in [0.05, 0.1) is 29.5 Å². The van der Waals surface area contributed by atoms with Gasteiger partial charge in [-0.1, -0.05) is 115 Å². The number of nitrogens with zero attached hydrogens (tertiary/aromatic N) is 1. The highest BCUT2D eigenvalue weighted by molar-refractivity contribution is 6.11. The molecule has 272 valence electrons. The van der Waals surface area contributed by atoms with Gasteiger partial charge < -0.3 is 13.4 Å². The Labute approximate surface area is 327 Å². The number of fused-ring (bicyclic) bond motifs is 9. The molecular formula is C51H36N4O2. The molecular weight excluding hydrogens is 701 g/mol. The molecule has 12 rings (SSSR count). The van der Waals surface area contributed by atoms with E-state index in [-0.39, 0.29) is 18.5 Å². The zero-order valence-electron chi connectivity index (χ0n) is 30.8. The third-order valence-electron chi connectivity index (χ3n) is 11.7. The SMILES string of the molecule is c1ccc(C2NC(c3ccccc3)NC(c3ccc4oc5ccc(-c6ccc7c(c6)oc6cc(-n8c9ccccc9c9ccccc98)ccc67)cc5c4c3)N2)cc1. The van der Waals surface area contributed by atoms with Crippen LogP contribution in [0, 0.1) is 0 Å². The van der Waals surface area contributed by atoms with Gasteiger partial charge in [-0.2, -0.15) is 0 Å². The fourth-order valence-electron chi connectivity index (χ4n) is 8.95. The van der Waals surface area contributed by atoms with Crippen LogP contribution in [0.15, 0.2) is 191 Å². The third-order valence-corrected chi connectivity index (χ3v) is 11.7. The van der Waals surface area contributed by atoms with Crippen LogP contribution in [0.2, 0.25) is 0 Å². The van der Waals surface area contributed by atoms with Crippen molar-refractivity contribution in [3.05, 3.63) is 199 Å². The van der Waals surface area contributed by atoms with E-state index in [0.29, 0.717) is 0 Å². The minimum absolute atomic E-state index is 0.0422. The summed E-state index contributed by atoms with van der Waals surface area (Å²) in [5, 5.41) is 18.3. The van der Waals surface area contributed by atoms with Gasteiger partial charge >= 0.3 is 0 Å². The first-order valence-corrected chi connectivity index (χ1v) is 19.5. The van der Waals surface area contributed by atoms with Gasteiger partial charge in [0.2, 0.25) is 0 Å². The summed E-state index contributed by atoms with van der Waals surface area (Å²) >= 11 is 0. The summed E-state index contributed by atoms with van der Waals surface area (Å²) in [5.41, 5.74) is 12.6. The lowest BCUT2D eigenvalue weighted by molar-refractivity contribution is 0.203. The molecule has 6 heteroatoms. The van der Waals surface area contributed by atoms with Crippen LogP contribution in [0.25, 0.3) is 82.5 Å². The fraction of sp³-hybridized carbons (Fsp3) is 0.0588. The van der Waals surface area contributed by atoms with Crippen molar-refractivity contribution >= 4 is 65.7 Å². The van der Waals surface area contributed by atoms with Crippen molar-refractivity contribution < 1.29 is 8.83 Å². The quantitative estimate of drug-likeness (QED) is 0.164. The molecule has 0 amide bonds. The molecule has 4 heterocycles. The van der Waals surface area contributed by atoms with Crippen molar-refractivity contribution in [3.63, 3.8) is 0 Å². The molecule has 1 saturated heterocycles. The summed E-state index contributed by atoms with van der Waals surface area (Å²) in [4.78, 5) is 0. The van der Waals surface area contributed by atoms with E-state index in [0.717, 1.165) is 66.3 Å². The molecule has 3 aromatic heterocycles. The Morgan fingerprint density at radius 1 is 0.333 bits per heavy atom. The summed E-state index contributed by atoms with van der Waals surface area (Å²) in [5.74, 6) is 0. The molecule has 0 saturated carbocycles. The molecule has 0 radical (unpaired) electrons. The highest BCUT2D eigenvalue weighted by atomic mass is 16.3. The lowest BCUT2D eigenvalue weighted by Gasteiger charge is -2.39. The summed E-state index contributed by atoms with van der Waals surface area (Å²) in [6.45, 7) is 0. The minimum Gasteiger partial charge on any atom is -0.456 e. The van der Waals surface area contributed by atoms with Crippen LogP contribution < -0.4 is 16.0 Å². The number of para-hydroxylation sites is 2. The molecule has 1 aliphatic heterocycles. The molecule has 8 aromatic carbocycles. The topological polar surface area (TPSA) is 67.3 Å². The summed E-state index contributed by atoms with van der Waals surface area (Å²) in [6.07, 6.45) is -0.191. The number of rotatable bonds is 5. The molecule has 0 bridgehead atoms. The van der Waals surface area contributed by atoms with Crippen LogP contribution in [0.3, 0.4) is 0 Å². The van der Waals surface area contributed by atoms with E-state index in [4.69, 9.17) is 8.83 Å². The Hall–Kier alpha value is -6.96. The molecule has 3 N–H and O–H groups in total. The fourth-order valence-corrected chi connectivity index (χ4v) is 8.95. The lowest BCUT2D eigenvalue weighted by Crippen LogP contribution is -2.54. The Kier molecular flexibility index (Phi) is 7.25. The van der Waals surface area contributed by atoms with Gasteiger partial charge in [-0.15, -0.1) is 0 Å². The Balaban J connectivity index is 0.910. The monoisotopic (exact) mass is 736 g/mol. The summed E-state index contributed by atoms with van der Waals surface area (Å²) in [7, 11) is 0. The molecule has 1 aliphatic rings. The van der Waals surface area contributed by atoms with Gasteiger partial charge in [0, 0.05) is 44.1 Å². The van der Waals surface area contributed by atoms with Crippen LogP contribution >= 0.6 is 0 Å². The van der Waals surface area contributed by atoms with E-state index in [1.165, 1.54) is 32.9 Å². The molecule has 2 unspecified atom stereocenters. The Bertz CT molecular complexity index is 3210. The van der Waals surface area contributed by atoms with Gasteiger partial charge in [-0.05, 0) is 88.5 Å². The van der Waals surface area contributed by atoms with Crippen LogP contribution in [-0.2, 0) is 0 Å². The van der Waals surface area contributed by atoms with Gasteiger partial charge in [-0.25, -0.2) is 0 Å². The summed E-state index contributed by atoms with van der Waals surface area (Å²) in [6, 6.07) is 64.4. The Morgan fingerprint density at radius 2 is 0.825 bits per heavy atom. The maximum atomic E-state index is 6.63.